The third-order valence-electron chi connectivity index (χ3n) is 2.57. The fraction of sp³-hybridized carbons (Fsp3) is 0.0714. The van der Waals surface area contributed by atoms with Crippen LogP contribution in [0.25, 0.3) is 11.1 Å². The first kappa shape index (κ1) is 12.7. The van der Waals surface area contributed by atoms with Gasteiger partial charge in [-0.05, 0) is 17.7 Å². The number of carbonyl (C=O) groups excluding carboxylic acids is 1. The van der Waals surface area contributed by atoms with Crippen LogP contribution < -0.4 is 0 Å². The molecule has 0 fully saturated rings. The van der Waals surface area contributed by atoms with Gasteiger partial charge in [0.2, 0.25) is 0 Å². The molecule has 0 N–H and O–H groups in total. The first-order chi connectivity index (χ1) is 8.61. The summed E-state index contributed by atoms with van der Waals surface area (Å²) in [6, 6.07) is 9.74. The molecule has 0 bridgehead atoms. The number of Topliss-reactive ketones (excluding diaryl/α,β-unsaturated/α-hetero) is 1. The molecule has 0 aromatic heterocycles. The Hall–Kier alpha value is -1.74. The van der Waals surface area contributed by atoms with Gasteiger partial charge in [-0.25, -0.2) is 8.78 Å². The van der Waals surface area contributed by atoms with E-state index in [-0.39, 0.29) is 11.7 Å². The largest absolute Gasteiger partial charge is 0.293 e. The van der Waals surface area contributed by atoms with Crippen LogP contribution in [0.15, 0.2) is 42.5 Å². The molecule has 4 heteroatoms. The molecule has 18 heavy (non-hydrogen) atoms. The van der Waals surface area contributed by atoms with Crippen LogP contribution in [-0.2, 0) is 0 Å². The summed E-state index contributed by atoms with van der Waals surface area (Å²) in [5.41, 5.74) is 1.34. The Morgan fingerprint density at radius 2 is 1.72 bits per heavy atom. The van der Waals surface area contributed by atoms with Crippen molar-refractivity contribution < 1.29 is 13.6 Å². The number of carbonyl (C=O) groups is 1. The molecule has 0 aliphatic rings. The number of benzene rings is 2. The summed E-state index contributed by atoms with van der Waals surface area (Å²) in [6.45, 7) is 0. The third-order valence-corrected chi connectivity index (χ3v) is 2.81. The smallest absolute Gasteiger partial charge is 0.177 e. The Bertz CT molecular complexity index is 579. The van der Waals surface area contributed by atoms with Crippen molar-refractivity contribution in [2.45, 2.75) is 0 Å². The van der Waals surface area contributed by atoms with Crippen molar-refractivity contribution >= 4 is 17.4 Å². The minimum absolute atomic E-state index is 0.0930. The van der Waals surface area contributed by atoms with Gasteiger partial charge in [0.05, 0.1) is 5.88 Å². The molecule has 0 saturated carbocycles. The molecule has 0 amide bonds. The highest BCUT2D eigenvalue weighted by Gasteiger charge is 2.08. The Morgan fingerprint density at radius 1 is 1.06 bits per heavy atom. The summed E-state index contributed by atoms with van der Waals surface area (Å²) in [6.07, 6.45) is 0. The maximum atomic E-state index is 13.5. The van der Waals surface area contributed by atoms with Gasteiger partial charge in [-0.3, -0.25) is 4.79 Å². The molecule has 0 saturated heterocycles. The predicted octanol–water partition coefficient (Wildman–Crippen LogP) is 4.05. The fourth-order valence-electron chi connectivity index (χ4n) is 1.64. The summed E-state index contributed by atoms with van der Waals surface area (Å²) in [5.74, 6) is -1.54. The number of hydrogen-bond acceptors (Lipinski definition) is 1. The van der Waals surface area contributed by atoms with Crippen molar-refractivity contribution in [1.29, 1.82) is 0 Å². The van der Waals surface area contributed by atoms with Gasteiger partial charge in [0.25, 0.3) is 0 Å². The van der Waals surface area contributed by atoms with Gasteiger partial charge in [0, 0.05) is 17.2 Å². The Labute approximate surface area is 108 Å². The maximum Gasteiger partial charge on any atom is 0.177 e. The molecular weight excluding hydrogens is 258 g/mol. The molecule has 92 valence electrons. The molecule has 1 nitrogen and oxygen atoms in total. The topological polar surface area (TPSA) is 17.1 Å². The Kier molecular flexibility index (Phi) is 3.72. The molecular formula is C14H9ClF2O. The van der Waals surface area contributed by atoms with Crippen LogP contribution in [-0.4, -0.2) is 11.7 Å². The highest BCUT2D eigenvalue weighted by molar-refractivity contribution is 6.30. The zero-order chi connectivity index (χ0) is 13.1. The third kappa shape index (κ3) is 2.57. The number of alkyl halides is 1. The molecule has 0 spiro atoms. The van der Waals surface area contributed by atoms with E-state index in [0.29, 0.717) is 16.7 Å². The van der Waals surface area contributed by atoms with Crippen molar-refractivity contribution in [2.75, 3.05) is 5.88 Å². The average Bonchev–Trinajstić information content (AvgIpc) is 2.38. The van der Waals surface area contributed by atoms with Crippen LogP contribution in [0, 0.1) is 11.6 Å². The number of rotatable bonds is 3. The van der Waals surface area contributed by atoms with Crippen molar-refractivity contribution in [1.82, 2.24) is 0 Å². The van der Waals surface area contributed by atoms with Gasteiger partial charge < -0.3 is 0 Å². The molecule has 2 aromatic rings. The van der Waals surface area contributed by atoms with E-state index in [2.05, 4.69) is 0 Å². The zero-order valence-corrected chi connectivity index (χ0v) is 10.0. The van der Waals surface area contributed by atoms with E-state index in [4.69, 9.17) is 11.6 Å². The van der Waals surface area contributed by atoms with Gasteiger partial charge in [0.15, 0.2) is 5.78 Å². The standard InChI is InChI=1S/C14H9ClF2O/c15-8-14(18)10-3-1-9(2-4-10)12-6-5-11(16)7-13(12)17/h1-7H,8H2. The second kappa shape index (κ2) is 5.27. The van der Waals surface area contributed by atoms with E-state index in [1.54, 1.807) is 24.3 Å². The van der Waals surface area contributed by atoms with Crippen LogP contribution >= 0.6 is 11.6 Å². The summed E-state index contributed by atoms with van der Waals surface area (Å²) >= 11 is 5.43. The lowest BCUT2D eigenvalue weighted by Gasteiger charge is -2.04. The van der Waals surface area contributed by atoms with Crippen molar-refractivity contribution in [3.05, 3.63) is 59.7 Å². The summed E-state index contributed by atoms with van der Waals surface area (Å²) in [7, 11) is 0. The lowest BCUT2D eigenvalue weighted by atomic mass is 10.0. The molecule has 0 heterocycles. The summed E-state index contributed by atoms with van der Waals surface area (Å²) in [4.78, 5) is 11.3. The maximum absolute atomic E-state index is 13.5. The van der Waals surface area contributed by atoms with Crippen LogP contribution in [0.1, 0.15) is 10.4 Å². The molecule has 0 aliphatic heterocycles. The predicted molar refractivity (Wildman–Crippen MR) is 66.8 cm³/mol. The van der Waals surface area contributed by atoms with Gasteiger partial charge >= 0.3 is 0 Å². The summed E-state index contributed by atoms with van der Waals surface area (Å²) < 4.78 is 26.3. The van der Waals surface area contributed by atoms with Gasteiger partial charge in [-0.2, -0.15) is 0 Å². The van der Waals surface area contributed by atoms with E-state index in [1.165, 1.54) is 12.1 Å². The number of halogens is 3. The molecule has 0 radical (unpaired) electrons. The number of hydrogen-bond donors (Lipinski definition) is 0. The molecule has 2 rings (SSSR count). The first-order valence-corrected chi connectivity index (χ1v) is 5.80. The van der Waals surface area contributed by atoms with Gasteiger partial charge in [-0.1, -0.05) is 24.3 Å². The van der Waals surface area contributed by atoms with Gasteiger partial charge in [-0.15, -0.1) is 11.6 Å². The normalized spacial score (nSPS) is 10.4. The monoisotopic (exact) mass is 266 g/mol. The van der Waals surface area contributed by atoms with Crippen molar-refractivity contribution in [3.8, 4) is 11.1 Å². The Morgan fingerprint density at radius 3 is 2.28 bits per heavy atom. The van der Waals surface area contributed by atoms with Crippen LogP contribution in [0.2, 0.25) is 0 Å². The highest BCUT2D eigenvalue weighted by Crippen LogP contribution is 2.23. The SMILES string of the molecule is O=C(CCl)c1ccc(-c2ccc(F)cc2F)cc1. The van der Waals surface area contributed by atoms with Crippen LogP contribution in [0.3, 0.4) is 0 Å². The van der Waals surface area contributed by atoms with Crippen LogP contribution in [0.4, 0.5) is 8.78 Å². The molecule has 0 unspecified atom stereocenters. The van der Waals surface area contributed by atoms with Gasteiger partial charge in [0.1, 0.15) is 11.6 Å². The molecule has 0 atom stereocenters. The van der Waals surface area contributed by atoms with Crippen molar-refractivity contribution in [3.63, 3.8) is 0 Å². The zero-order valence-electron chi connectivity index (χ0n) is 9.29. The second-order valence-electron chi connectivity index (χ2n) is 3.76. The molecule has 0 aliphatic carbocycles. The van der Waals surface area contributed by atoms with E-state index >= 15 is 0 Å². The van der Waals surface area contributed by atoms with Crippen LogP contribution in [0.5, 0.6) is 0 Å². The van der Waals surface area contributed by atoms with E-state index in [0.717, 1.165) is 6.07 Å². The summed E-state index contributed by atoms with van der Waals surface area (Å²) in [5, 5.41) is 0. The first-order valence-electron chi connectivity index (χ1n) is 5.26. The highest BCUT2D eigenvalue weighted by atomic mass is 35.5. The number of ketones is 1. The van der Waals surface area contributed by atoms with E-state index in [9.17, 15) is 13.6 Å². The van der Waals surface area contributed by atoms with E-state index in [1.807, 2.05) is 0 Å². The average molecular weight is 267 g/mol. The lowest BCUT2D eigenvalue weighted by Crippen LogP contribution is -1.99. The quantitative estimate of drug-likeness (QED) is 0.605. The fourth-order valence-corrected chi connectivity index (χ4v) is 1.79. The minimum Gasteiger partial charge on any atom is -0.293 e. The minimum atomic E-state index is -0.633. The van der Waals surface area contributed by atoms with E-state index < -0.39 is 11.6 Å². The van der Waals surface area contributed by atoms with Crippen molar-refractivity contribution in [2.24, 2.45) is 0 Å². The second-order valence-corrected chi connectivity index (χ2v) is 4.03. The molecule has 2 aromatic carbocycles. The lowest BCUT2D eigenvalue weighted by molar-refractivity contribution is 0.102. The Balaban J connectivity index is 2.37.